The highest BCUT2D eigenvalue weighted by Crippen LogP contribution is 2.10. The Hall–Kier alpha value is -1.58. The van der Waals surface area contributed by atoms with Crippen LogP contribution in [0.5, 0.6) is 0 Å². The molecule has 2 aliphatic heterocycles. The van der Waals surface area contributed by atoms with E-state index < -0.39 is 0 Å². The predicted molar refractivity (Wildman–Crippen MR) is 71.7 cm³/mol. The van der Waals surface area contributed by atoms with E-state index in [-0.39, 0.29) is 56.7 Å². The largest absolute Gasteiger partial charge is 0.379 e. The second kappa shape index (κ2) is 8.16. The van der Waals surface area contributed by atoms with Gasteiger partial charge in [0.1, 0.15) is 0 Å². The summed E-state index contributed by atoms with van der Waals surface area (Å²) < 4.78 is 17.2. The van der Waals surface area contributed by atoms with Crippen LogP contribution in [0.2, 0.25) is 0 Å². The molecule has 124 valence electrons. The van der Waals surface area contributed by atoms with Gasteiger partial charge < -0.3 is 9.64 Å². The van der Waals surface area contributed by atoms with E-state index in [1.807, 2.05) is 0 Å². The van der Waals surface area contributed by atoms with E-state index in [1.165, 1.54) is 4.90 Å². The molecule has 0 radical (unpaired) electrons. The van der Waals surface area contributed by atoms with Gasteiger partial charge in [-0.05, 0) is 4.53 Å². The topological polar surface area (TPSA) is 79.4 Å². The molecule has 0 aromatic rings. The van der Waals surface area contributed by atoms with E-state index in [2.05, 4.69) is 5.04 Å². The van der Waals surface area contributed by atoms with Crippen molar-refractivity contribution >= 4 is 17.7 Å². The summed E-state index contributed by atoms with van der Waals surface area (Å²) in [5.74, 6) is -0.401. The van der Waals surface area contributed by atoms with Gasteiger partial charge in [0.15, 0.2) is 0 Å². The van der Waals surface area contributed by atoms with Crippen molar-refractivity contribution in [2.24, 2.45) is 0 Å². The van der Waals surface area contributed by atoms with Crippen molar-refractivity contribution in [2.75, 3.05) is 45.9 Å². The van der Waals surface area contributed by atoms with Crippen molar-refractivity contribution in [1.29, 1.82) is 0 Å². The number of hydrogen-bond donors (Lipinski definition) is 0. The van der Waals surface area contributed by atoms with Crippen LogP contribution < -0.4 is 0 Å². The third-order valence-corrected chi connectivity index (χ3v) is 3.76. The summed E-state index contributed by atoms with van der Waals surface area (Å²) >= 11 is 0. The molecule has 0 bridgehead atoms. The summed E-state index contributed by atoms with van der Waals surface area (Å²) in [5, 5.41) is 4.77. The van der Waals surface area contributed by atoms with E-state index in [9.17, 15) is 18.9 Å². The third kappa shape index (κ3) is 4.46. The lowest BCUT2D eigenvalue weighted by Crippen LogP contribution is -2.48. The Labute approximate surface area is 127 Å². The first-order chi connectivity index (χ1) is 10.6. The van der Waals surface area contributed by atoms with Crippen LogP contribution in [0.15, 0.2) is 0 Å². The van der Waals surface area contributed by atoms with E-state index in [0.717, 1.165) is 5.06 Å². The van der Waals surface area contributed by atoms with E-state index in [1.54, 1.807) is 4.90 Å². The Kier molecular flexibility index (Phi) is 6.22. The maximum Gasteiger partial charge on any atom is 0.229 e. The number of piperazine rings is 1. The molecule has 0 N–H and O–H groups in total. The van der Waals surface area contributed by atoms with Gasteiger partial charge in [-0.2, -0.15) is 0 Å². The molecule has 0 unspecified atom stereocenters. The third-order valence-electron chi connectivity index (χ3n) is 3.76. The second-order valence-electron chi connectivity index (χ2n) is 5.18. The summed E-state index contributed by atoms with van der Waals surface area (Å²) in [5.41, 5.74) is 0. The molecule has 0 aliphatic carbocycles. The number of imide groups is 1. The molecule has 9 heteroatoms. The number of rotatable bonds is 7. The Morgan fingerprint density at radius 2 is 1.68 bits per heavy atom. The zero-order chi connectivity index (χ0) is 15.9. The highest BCUT2D eigenvalue weighted by Gasteiger charge is 2.28. The van der Waals surface area contributed by atoms with Crippen LogP contribution in [0, 0.1) is 0 Å². The van der Waals surface area contributed by atoms with E-state index >= 15 is 0 Å². The summed E-state index contributed by atoms with van der Waals surface area (Å²) in [6.07, 6.45) is 0.760. The quantitative estimate of drug-likeness (QED) is 0.465. The first kappa shape index (κ1) is 16.8. The number of halogens is 1. The molecular weight excluding hydrogens is 297 g/mol. The molecule has 2 heterocycles. The van der Waals surface area contributed by atoms with Crippen LogP contribution in [0.3, 0.4) is 0 Å². The van der Waals surface area contributed by atoms with Gasteiger partial charge in [-0.3, -0.25) is 19.3 Å². The molecule has 0 spiro atoms. The van der Waals surface area contributed by atoms with Crippen molar-refractivity contribution in [1.82, 2.24) is 14.9 Å². The van der Waals surface area contributed by atoms with Gasteiger partial charge in [-0.15, -0.1) is 5.06 Å². The smallest absolute Gasteiger partial charge is 0.229 e. The van der Waals surface area contributed by atoms with Gasteiger partial charge in [-0.25, -0.2) is 0 Å². The monoisotopic (exact) mass is 317 g/mol. The number of carbonyl (C=O) groups is 3. The Bertz CT molecular complexity index is 410. The molecule has 2 aliphatic rings. The maximum atomic E-state index is 11.9. The predicted octanol–water partition coefficient (Wildman–Crippen LogP) is -0.498. The van der Waals surface area contributed by atoms with Crippen molar-refractivity contribution in [2.45, 2.75) is 19.3 Å². The molecule has 0 saturated carbocycles. The fourth-order valence-corrected chi connectivity index (χ4v) is 2.45. The Morgan fingerprint density at radius 3 is 2.27 bits per heavy atom. The van der Waals surface area contributed by atoms with Gasteiger partial charge in [-0.1, -0.05) is 5.04 Å². The summed E-state index contributed by atoms with van der Waals surface area (Å²) in [4.78, 5) is 37.4. The van der Waals surface area contributed by atoms with Gasteiger partial charge in [0.25, 0.3) is 0 Å². The van der Waals surface area contributed by atoms with Gasteiger partial charge in [0.2, 0.25) is 17.7 Å². The molecule has 0 aromatic carbocycles. The van der Waals surface area contributed by atoms with Crippen LogP contribution in [-0.4, -0.2) is 78.5 Å². The molecular formula is C13H20FN3O5. The zero-order valence-electron chi connectivity index (χ0n) is 12.3. The molecule has 2 rings (SSSR count). The molecule has 2 saturated heterocycles. The van der Waals surface area contributed by atoms with E-state index in [4.69, 9.17) is 4.74 Å². The zero-order valence-corrected chi connectivity index (χ0v) is 12.3. The lowest BCUT2D eigenvalue weighted by Gasteiger charge is -2.31. The highest BCUT2D eigenvalue weighted by atomic mass is 19.3. The number of ether oxygens (including phenoxy) is 1. The maximum absolute atomic E-state index is 11.9. The molecule has 0 atom stereocenters. The summed E-state index contributed by atoms with van der Waals surface area (Å²) in [6.45, 7) is 2.20. The van der Waals surface area contributed by atoms with Crippen molar-refractivity contribution in [3.05, 3.63) is 0 Å². The Morgan fingerprint density at radius 1 is 1.05 bits per heavy atom. The first-order valence-corrected chi connectivity index (χ1v) is 7.34. The number of carbonyl (C=O) groups excluding carboxylic acids is 3. The van der Waals surface area contributed by atoms with Crippen molar-refractivity contribution in [3.8, 4) is 0 Å². The van der Waals surface area contributed by atoms with Crippen molar-refractivity contribution < 1.29 is 28.7 Å². The van der Waals surface area contributed by atoms with Gasteiger partial charge >= 0.3 is 0 Å². The number of nitrogens with zero attached hydrogens (tertiary/aromatic N) is 3. The minimum Gasteiger partial charge on any atom is -0.379 e. The van der Waals surface area contributed by atoms with Crippen LogP contribution in [-0.2, 0) is 24.2 Å². The lowest BCUT2D eigenvalue weighted by atomic mass is 10.3. The fourth-order valence-electron chi connectivity index (χ4n) is 2.45. The average molecular weight is 317 g/mol. The SMILES string of the molecule is O=C(CCOCCN1C(=O)CCC1=O)N1CCN(OF)CC1. The second-order valence-corrected chi connectivity index (χ2v) is 5.18. The van der Waals surface area contributed by atoms with E-state index in [0.29, 0.717) is 26.2 Å². The highest BCUT2D eigenvalue weighted by molar-refractivity contribution is 6.01. The first-order valence-electron chi connectivity index (χ1n) is 7.34. The normalized spacial score (nSPS) is 20.0. The minimum atomic E-state index is -0.169. The van der Waals surface area contributed by atoms with Gasteiger partial charge in [0.05, 0.1) is 26.2 Å². The summed E-state index contributed by atoms with van der Waals surface area (Å²) in [6, 6.07) is 0. The fraction of sp³-hybridized carbons (Fsp3) is 0.769. The molecule has 8 nitrogen and oxygen atoms in total. The van der Waals surface area contributed by atoms with Crippen LogP contribution in [0.1, 0.15) is 19.3 Å². The van der Waals surface area contributed by atoms with Crippen LogP contribution in [0.25, 0.3) is 0 Å². The van der Waals surface area contributed by atoms with Crippen molar-refractivity contribution in [3.63, 3.8) is 0 Å². The molecule has 2 fully saturated rings. The van der Waals surface area contributed by atoms with Crippen LogP contribution in [0.4, 0.5) is 4.53 Å². The van der Waals surface area contributed by atoms with Crippen LogP contribution >= 0.6 is 0 Å². The lowest BCUT2D eigenvalue weighted by molar-refractivity contribution is -0.328. The minimum absolute atomic E-state index is 0.0631. The standard InChI is InChI=1S/C13H20FN3O5/c14-22-16-6-4-15(5-7-16)11(18)3-9-21-10-8-17-12(19)1-2-13(17)20/h1-10H2. The molecule has 0 aromatic heterocycles. The van der Waals surface area contributed by atoms with Gasteiger partial charge in [0, 0.05) is 39.0 Å². The average Bonchev–Trinajstić information content (AvgIpc) is 2.86. The summed E-state index contributed by atoms with van der Waals surface area (Å²) in [7, 11) is 0. The number of likely N-dealkylation sites (tertiary alicyclic amines) is 1. The number of hydrogen-bond acceptors (Lipinski definition) is 6. The molecule has 22 heavy (non-hydrogen) atoms. The molecule has 3 amide bonds. The number of amides is 3. The Balaban J connectivity index is 1.56. The number of hydroxylamine groups is 2.